The Morgan fingerprint density at radius 3 is 2.54 bits per heavy atom. The predicted molar refractivity (Wildman–Crippen MR) is 92.4 cm³/mol. The summed E-state index contributed by atoms with van der Waals surface area (Å²) in [4.78, 5) is 25.6. The van der Waals surface area contributed by atoms with E-state index < -0.39 is 0 Å². The van der Waals surface area contributed by atoms with Crippen molar-refractivity contribution in [2.75, 3.05) is 18.9 Å². The summed E-state index contributed by atoms with van der Waals surface area (Å²) >= 11 is 11.7. The molecule has 0 fully saturated rings. The summed E-state index contributed by atoms with van der Waals surface area (Å²) in [6.07, 6.45) is 0.137. The second-order valence-electron chi connectivity index (χ2n) is 5.41. The Morgan fingerprint density at radius 1 is 1.25 bits per heavy atom. The Labute approximate surface area is 149 Å². The monoisotopic (exact) mass is 369 g/mol. The van der Waals surface area contributed by atoms with Crippen LogP contribution in [0.5, 0.6) is 0 Å². The van der Waals surface area contributed by atoms with Gasteiger partial charge in [0.25, 0.3) is 0 Å². The van der Waals surface area contributed by atoms with Crippen molar-refractivity contribution in [3.8, 4) is 0 Å². The SMILES string of the molecule is Cc1noc(C)c1CC(=O)N(C)CC(=O)Nc1ccc(Cl)c(Cl)c1. The number of rotatable bonds is 5. The number of nitrogens with zero attached hydrogens (tertiary/aromatic N) is 2. The molecule has 1 N–H and O–H groups in total. The fourth-order valence-corrected chi connectivity index (χ4v) is 2.42. The first-order valence-corrected chi connectivity index (χ1v) is 7.94. The summed E-state index contributed by atoms with van der Waals surface area (Å²) in [6, 6.07) is 4.77. The maximum atomic E-state index is 12.2. The van der Waals surface area contributed by atoms with Crippen LogP contribution in [-0.2, 0) is 16.0 Å². The van der Waals surface area contributed by atoms with Gasteiger partial charge in [0, 0.05) is 18.3 Å². The number of amides is 2. The van der Waals surface area contributed by atoms with Gasteiger partial charge in [-0.3, -0.25) is 9.59 Å². The molecule has 0 aliphatic rings. The molecule has 0 spiro atoms. The van der Waals surface area contributed by atoms with E-state index in [0.717, 1.165) is 5.56 Å². The molecule has 0 aliphatic heterocycles. The second-order valence-corrected chi connectivity index (χ2v) is 6.22. The number of halogens is 2. The minimum absolute atomic E-state index is 0.0809. The lowest BCUT2D eigenvalue weighted by Gasteiger charge is -2.17. The van der Waals surface area contributed by atoms with Crippen LogP contribution >= 0.6 is 23.2 Å². The summed E-state index contributed by atoms with van der Waals surface area (Å²) in [7, 11) is 1.56. The van der Waals surface area contributed by atoms with E-state index in [9.17, 15) is 9.59 Å². The van der Waals surface area contributed by atoms with E-state index in [1.54, 1.807) is 39.1 Å². The third kappa shape index (κ3) is 4.49. The molecule has 2 rings (SSSR count). The molecule has 0 atom stereocenters. The van der Waals surface area contributed by atoms with Crippen molar-refractivity contribution in [3.05, 3.63) is 45.3 Å². The van der Waals surface area contributed by atoms with Gasteiger partial charge in [-0.25, -0.2) is 0 Å². The average Bonchev–Trinajstić information content (AvgIpc) is 2.82. The van der Waals surface area contributed by atoms with E-state index >= 15 is 0 Å². The number of likely N-dealkylation sites (N-methyl/N-ethyl adjacent to an activating group) is 1. The number of hydrogen-bond acceptors (Lipinski definition) is 4. The van der Waals surface area contributed by atoms with E-state index in [1.807, 2.05) is 0 Å². The minimum Gasteiger partial charge on any atom is -0.361 e. The van der Waals surface area contributed by atoms with Crippen LogP contribution in [0.2, 0.25) is 10.0 Å². The third-order valence-electron chi connectivity index (χ3n) is 3.52. The largest absolute Gasteiger partial charge is 0.361 e. The molecule has 6 nitrogen and oxygen atoms in total. The zero-order chi connectivity index (χ0) is 17.9. The molecular weight excluding hydrogens is 353 g/mol. The van der Waals surface area contributed by atoms with Gasteiger partial charge in [-0.05, 0) is 32.0 Å². The summed E-state index contributed by atoms with van der Waals surface area (Å²) in [6.45, 7) is 3.44. The number of benzene rings is 1. The van der Waals surface area contributed by atoms with Crippen LogP contribution < -0.4 is 5.32 Å². The number of carbonyl (C=O) groups is 2. The van der Waals surface area contributed by atoms with E-state index in [4.69, 9.17) is 27.7 Å². The smallest absolute Gasteiger partial charge is 0.243 e. The van der Waals surface area contributed by atoms with E-state index in [2.05, 4.69) is 10.5 Å². The van der Waals surface area contributed by atoms with Crippen molar-refractivity contribution < 1.29 is 14.1 Å². The molecule has 128 valence electrons. The summed E-state index contributed by atoms with van der Waals surface area (Å²) < 4.78 is 5.03. The number of aryl methyl sites for hydroxylation is 2. The molecule has 1 aromatic heterocycles. The van der Waals surface area contributed by atoms with Crippen molar-refractivity contribution in [2.24, 2.45) is 0 Å². The molecular formula is C16H17Cl2N3O3. The molecule has 0 radical (unpaired) electrons. The number of nitrogens with one attached hydrogen (secondary N) is 1. The van der Waals surface area contributed by atoms with Crippen LogP contribution in [0.15, 0.2) is 22.7 Å². The zero-order valence-corrected chi connectivity index (χ0v) is 15.0. The van der Waals surface area contributed by atoms with Gasteiger partial charge in [0.05, 0.1) is 28.7 Å². The first-order chi connectivity index (χ1) is 11.3. The summed E-state index contributed by atoms with van der Waals surface area (Å²) in [5.41, 5.74) is 1.94. The molecule has 1 aromatic carbocycles. The molecule has 0 unspecified atom stereocenters. The minimum atomic E-state index is -0.331. The molecule has 0 aliphatic carbocycles. The van der Waals surface area contributed by atoms with Gasteiger partial charge in [-0.1, -0.05) is 28.4 Å². The lowest BCUT2D eigenvalue weighted by Crippen LogP contribution is -2.36. The Hall–Kier alpha value is -2.05. The Bertz CT molecular complexity index is 754. The summed E-state index contributed by atoms with van der Waals surface area (Å²) in [5.74, 6) is 0.0752. The normalized spacial score (nSPS) is 10.5. The lowest BCUT2D eigenvalue weighted by atomic mass is 10.1. The lowest BCUT2D eigenvalue weighted by molar-refractivity contribution is -0.132. The molecule has 2 aromatic rings. The first-order valence-electron chi connectivity index (χ1n) is 7.18. The predicted octanol–water partition coefficient (Wildman–Crippen LogP) is 3.24. The first kappa shape index (κ1) is 18.3. The van der Waals surface area contributed by atoms with Crippen molar-refractivity contribution >= 4 is 40.7 Å². The van der Waals surface area contributed by atoms with Gasteiger partial charge < -0.3 is 14.7 Å². The molecule has 0 saturated heterocycles. The summed E-state index contributed by atoms with van der Waals surface area (Å²) in [5, 5.41) is 7.23. The van der Waals surface area contributed by atoms with Gasteiger partial charge in [0.15, 0.2) is 0 Å². The Morgan fingerprint density at radius 2 is 1.96 bits per heavy atom. The standard InChI is InChI=1S/C16H17Cl2N3O3/c1-9-12(10(2)24-20-9)7-16(23)21(3)8-15(22)19-11-4-5-13(17)14(18)6-11/h4-6H,7-8H2,1-3H3,(H,19,22). The highest BCUT2D eigenvalue weighted by Crippen LogP contribution is 2.25. The van der Waals surface area contributed by atoms with Crippen molar-refractivity contribution in [1.29, 1.82) is 0 Å². The van der Waals surface area contributed by atoms with Gasteiger partial charge in [0.2, 0.25) is 11.8 Å². The number of carbonyl (C=O) groups excluding carboxylic acids is 2. The number of hydrogen-bond donors (Lipinski definition) is 1. The van der Waals surface area contributed by atoms with Crippen molar-refractivity contribution in [3.63, 3.8) is 0 Å². The second kappa shape index (κ2) is 7.68. The van der Waals surface area contributed by atoms with Crippen LogP contribution in [0.3, 0.4) is 0 Å². The van der Waals surface area contributed by atoms with Gasteiger partial charge in [-0.15, -0.1) is 0 Å². The van der Waals surface area contributed by atoms with Gasteiger partial charge in [0.1, 0.15) is 5.76 Å². The van der Waals surface area contributed by atoms with Crippen LogP contribution in [0, 0.1) is 13.8 Å². The molecule has 0 bridgehead atoms. The van der Waals surface area contributed by atoms with Gasteiger partial charge in [-0.2, -0.15) is 0 Å². The maximum Gasteiger partial charge on any atom is 0.243 e. The molecule has 8 heteroatoms. The topological polar surface area (TPSA) is 75.4 Å². The van der Waals surface area contributed by atoms with E-state index in [0.29, 0.717) is 27.2 Å². The fraction of sp³-hybridized carbons (Fsp3) is 0.312. The Kier molecular flexibility index (Phi) is 5.85. The highest BCUT2D eigenvalue weighted by Gasteiger charge is 2.18. The number of aromatic nitrogens is 1. The molecule has 2 amide bonds. The van der Waals surface area contributed by atoms with Crippen LogP contribution in [0.1, 0.15) is 17.0 Å². The number of anilines is 1. The van der Waals surface area contributed by atoms with Crippen LogP contribution in [0.25, 0.3) is 0 Å². The average molecular weight is 370 g/mol. The Balaban J connectivity index is 1.93. The quantitative estimate of drug-likeness (QED) is 0.877. The highest BCUT2D eigenvalue weighted by molar-refractivity contribution is 6.42. The molecule has 24 heavy (non-hydrogen) atoms. The maximum absolute atomic E-state index is 12.2. The zero-order valence-electron chi connectivity index (χ0n) is 13.5. The van der Waals surface area contributed by atoms with E-state index in [1.165, 1.54) is 4.90 Å². The van der Waals surface area contributed by atoms with E-state index in [-0.39, 0.29) is 24.8 Å². The fourth-order valence-electron chi connectivity index (χ4n) is 2.12. The molecule has 0 saturated carbocycles. The van der Waals surface area contributed by atoms with Crippen LogP contribution in [-0.4, -0.2) is 35.5 Å². The molecule has 1 heterocycles. The van der Waals surface area contributed by atoms with Crippen LogP contribution in [0.4, 0.5) is 5.69 Å². The third-order valence-corrected chi connectivity index (χ3v) is 4.26. The highest BCUT2D eigenvalue weighted by atomic mass is 35.5. The van der Waals surface area contributed by atoms with Crippen molar-refractivity contribution in [1.82, 2.24) is 10.1 Å². The van der Waals surface area contributed by atoms with Gasteiger partial charge >= 0.3 is 0 Å². The van der Waals surface area contributed by atoms with Crippen molar-refractivity contribution in [2.45, 2.75) is 20.3 Å².